The highest BCUT2D eigenvalue weighted by Crippen LogP contribution is 2.45. The second kappa shape index (κ2) is 11.2. The van der Waals surface area contributed by atoms with E-state index < -0.39 is 8.32 Å². The maximum absolute atomic E-state index is 14.1. The van der Waals surface area contributed by atoms with Crippen molar-refractivity contribution in [2.45, 2.75) is 89.7 Å². The number of fused-ring (bicyclic) bond motifs is 1. The fourth-order valence-electron chi connectivity index (χ4n) is 5.85. The van der Waals surface area contributed by atoms with Crippen LogP contribution in [0.2, 0.25) is 18.1 Å². The van der Waals surface area contributed by atoms with E-state index in [1.54, 1.807) is 13.4 Å². The van der Waals surface area contributed by atoms with Gasteiger partial charge in [-0.25, -0.2) is 9.37 Å². The lowest BCUT2D eigenvalue weighted by Gasteiger charge is -2.50. The highest BCUT2D eigenvalue weighted by atomic mass is 28.4. The van der Waals surface area contributed by atoms with Crippen LogP contribution < -0.4 is 4.74 Å². The fourth-order valence-corrected chi connectivity index (χ4v) is 7.23. The number of carbonyl (C=O) groups excluding carboxylic acids is 1. The number of hydrogen-bond donors (Lipinski definition) is 0. The summed E-state index contributed by atoms with van der Waals surface area (Å²) in [5, 5.41) is 0.0983. The molecule has 5 rings (SSSR count). The number of hydrogen-bond acceptors (Lipinski definition) is 4. The monoisotopic (exact) mass is 575 g/mol. The van der Waals surface area contributed by atoms with Crippen LogP contribution in [0, 0.1) is 12.7 Å². The zero-order chi connectivity index (χ0) is 29.5. The molecule has 41 heavy (non-hydrogen) atoms. The van der Waals surface area contributed by atoms with Gasteiger partial charge in [-0.05, 0) is 92.2 Å². The molecule has 0 bridgehead atoms. The molecule has 0 radical (unpaired) electrons. The number of ether oxygens (including phenoxy) is 1. The van der Waals surface area contributed by atoms with E-state index in [9.17, 15) is 9.18 Å². The van der Waals surface area contributed by atoms with Crippen molar-refractivity contribution in [3.05, 3.63) is 83.2 Å². The van der Waals surface area contributed by atoms with Gasteiger partial charge < -0.3 is 18.6 Å². The Morgan fingerprint density at radius 1 is 1.10 bits per heavy atom. The van der Waals surface area contributed by atoms with Crippen LogP contribution in [-0.4, -0.2) is 47.9 Å². The molecule has 2 aliphatic heterocycles. The van der Waals surface area contributed by atoms with Crippen molar-refractivity contribution in [1.29, 1.82) is 0 Å². The number of amides is 1. The van der Waals surface area contributed by atoms with E-state index in [1.807, 2.05) is 59.0 Å². The van der Waals surface area contributed by atoms with E-state index in [0.717, 1.165) is 40.9 Å². The minimum atomic E-state index is -2.00. The summed E-state index contributed by atoms with van der Waals surface area (Å²) in [6.07, 6.45) is 8.89. The number of methoxy groups -OCH3 is 1. The van der Waals surface area contributed by atoms with Gasteiger partial charge in [-0.2, -0.15) is 0 Å². The molecule has 1 aromatic heterocycles. The van der Waals surface area contributed by atoms with E-state index >= 15 is 0 Å². The topological polar surface area (TPSA) is 56.6 Å². The van der Waals surface area contributed by atoms with Crippen LogP contribution >= 0.6 is 0 Å². The Labute approximate surface area is 244 Å². The van der Waals surface area contributed by atoms with E-state index in [0.29, 0.717) is 18.6 Å². The third-order valence-electron chi connectivity index (χ3n) is 9.06. The molecule has 3 heterocycles. The number of nitrogens with zero attached hydrogens (tertiary/aromatic N) is 3. The van der Waals surface area contributed by atoms with Crippen molar-refractivity contribution in [3.63, 3.8) is 0 Å². The Balaban J connectivity index is 1.44. The van der Waals surface area contributed by atoms with Gasteiger partial charge >= 0.3 is 0 Å². The molecule has 0 aliphatic carbocycles. The molecule has 2 saturated heterocycles. The van der Waals surface area contributed by atoms with E-state index in [-0.39, 0.29) is 35.0 Å². The Bertz CT molecular complexity index is 1440. The third-order valence-corrected chi connectivity index (χ3v) is 13.6. The van der Waals surface area contributed by atoms with Crippen molar-refractivity contribution in [1.82, 2.24) is 14.5 Å². The first-order valence-corrected chi connectivity index (χ1v) is 17.4. The Hall–Kier alpha value is -3.23. The fraction of sp³-hybridized carbons (Fsp3) is 0.455. The second-order valence-electron chi connectivity index (χ2n) is 13.0. The molecule has 2 aliphatic rings. The molecule has 6 nitrogen and oxygen atoms in total. The summed E-state index contributed by atoms with van der Waals surface area (Å²) in [7, 11) is -0.347. The van der Waals surface area contributed by atoms with Crippen molar-refractivity contribution < 1.29 is 18.3 Å². The summed E-state index contributed by atoms with van der Waals surface area (Å²) >= 11 is 0. The van der Waals surface area contributed by atoms with Gasteiger partial charge in [0.25, 0.3) is 5.91 Å². The summed E-state index contributed by atoms with van der Waals surface area (Å²) in [5.41, 5.74) is 4.47. The maximum atomic E-state index is 14.1. The Morgan fingerprint density at radius 3 is 2.46 bits per heavy atom. The van der Waals surface area contributed by atoms with Gasteiger partial charge in [0.1, 0.15) is 11.6 Å². The molecule has 0 saturated carbocycles. The Morgan fingerprint density at radius 2 is 1.83 bits per heavy atom. The van der Waals surface area contributed by atoms with Gasteiger partial charge in [0, 0.05) is 23.9 Å². The minimum Gasteiger partial charge on any atom is -0.495 e. The molecule has 2 aromatic carbocycles. The zero-order valence-electron chi connectivity index (χ0n) is 25.3. The van der Waals surface area contributed by atoms with Crippen molar-refractivity contribution in [3.8, 4) is 11.4 Å². The molecular formula is C33H42FN3O3Si. The van der Waals surface area contributed by atoms with Crippen molar-refractivity contribution >= 4 is 20.3 Å². The smallest absolute Gasteiger partial charge is 0.250 e. The maximum Gasteiger partial charge on any atom is 0.250 e. The predicted molar refractivity (Wildman–Crippen MR) is 163 cm³/mol. The lowest BCUT2D eigenvalue weighted by Crippen LogP contribution is -2.55. The van der Waals surface area contributed by atoms with Crippen LogP contribution in [0.5, 0.6) is 5.75 Å². The largest absolute Gasteiger partial charge is 0.495 e. The highest BCUT2D eigenvalue weighted by Gasteiger charge is 2.46. The first-order chi connectivity index (χ1) is 19.4. The number of carbonyl (C=O) groups is 1. The van der Waals surface area contributed by atoms with Crippen LogP contribution in [-0.2, 0) is 9.22 Å². The number of piperidine rings is 2. The van der Waals surface area contributed by atoms with Crippen molar-refractivity contribution in [2.75, 3.05) is 7.11 Å². The zero-order valence-corrected chi connectivity index (χ0v) is 26.3. The standard InChI is InChI=1S/C33H42FN3O3Si/c1-22-20-36(21-35-22)29-15-8-23(17-31(29)39-5)16-25-11-14-27-18-28(40-41(6,7)33(2,3)4)19-30(37(27)32(25)38)24-9-12-26(34)13-10-24/h8-10,12-13,15-17,20-21,27-28,30H,11,14,18-19H2,1-7H3/b25-16+. The van der Waals surface area contributed by atoms with Crippen LogP contribution in [0.4, 0.5) is 4.39 Å². The molecule has 0 N–H and O–H groups in total. The van der Waals surface area contributed by atoms with Gasteiger partial charge in [-0.1, -0.05) is 39.0 Å². The Kier molecular flexibility index (Phi) is 8.00. The summed E-state index contributed by atoms with van der Waals surface area (Å²) in [6.45, 7) is 13.3. The number of benzene rings is 2. The second-order valence-corrected chi connectivity index (χ2v) is 17.7. The molecule has 218 valence electrons. The highest BCUT2D eigenvalue weighted by molar-refractivity contribution is 6.74. The normalized spacial score (nSPS) is 22.6. The average Bonchev–Trinajstić information content (AvgIpc) is 3.35. The molecule has 3 atom stereocenters. The van der Waals surface area contributed by atoms with E-state index in [1.165, 1.54) is 12.1 Å². The summed E-state index contributed by atoms with van der Waals surface area (Å²) in [4.78, 5) is 20.5. The molecular weight excluding hydrogens is 533 g/mol. The lowest BCUT2D eigenvalue weighted by atomic mass is 9.82. The lowest BCUT2D eigenvalue weighted by molar-refractivity contribution is -0.139. The number of rotatable bonds is 6. The van der Waals surface area contributed by atoms with Gasteiger partial charge in [0.05, 0.1) is 30.9 Å². The van der Waals surface area contributed by atoms with E-state index in [2.05, 4.69) is 38.8 Å². The van der Waals surface area contributed by atoms with Crippen LogP contribution in [0.25, 0.3) is 11.8 Å². The van der Waals surface area contributed by atoms with Gasteiger partial charge in [0.2, 0.25) is 0 Å². The molecule has 1 amide bonds. The first kappa shape index (κ1) is 29.3. The van der Waals surface area contributed by atoms with Crippen LogP contribution in [0.3, 0.4) is 0 Å². The number of aryl methyl sites for hydroxylation is 1. The summed E-state index contributed by atoms with van der Waals surface area (Å²) in [5.74, 6) is 0.490. The molecule has 2 fully saturated rings. The molecule has 3 unspecified atom stereocenters. The first-order valence-electron chi connectivity index (χ1n) is 14.5. The predicted octanol–water partition coefficient (Wildman–Crippen LogP) is 7.63. The van der Waals surface area contributed by atoms with Gasteiger partial charge in [-0.15, -0.1) is 0 Å². The quantitative estimate of drug-likeness (QED) is 0.224. The minimum absolute atomic E-state index is 0.0506. The van der Waals surface area contributed by atoms with Crippen LogP contribution in [0.1, 0.15) is 69.3 Å². The summed E-state index contributed by atoms with van der Waals surface area (Å²) in [6, 6.07) is 12.5. The van der Waals surface area contributed by atoms with Crippen LogP contribution in [0.15, 0.2) is 60.6 Å². The number of imidazole rings is 1. The van der Waals surface area contributed by atoms with Crippen molar-refractivity contribution in [2.24, 2.45) is 0 Å². The third kappa shape index (κ3) is 6.04. The molecule has 0 spiro atoms. The summed E-state index contributed by atoms with van der Waals surface area (Å²) < 4.78 is 28.4. The molecule has 3 aromatic rings. The van der Waals surface area contributed by atoms with E-state index in [4.69, 9.17) is 9.16 Å². The van der Waals surface area contributed by atoms with Gasteiger partial charge in [0.15, 0.2) is 8.32 Å². The SMILES string of the molecule is COc1cc(/C=C2\CCC3CC(O[Si](C)(C)C(C)(C)C)CC(c4ccc(F)cc4)N3C2=O)ccc1-n1cnc(C)c1. The van der Waals surface area contributed by atoms with Gasteiger partial charge in [-0.3, -0.25) is 4.79 Å². The average molecular weight is 576 g/mol. The molecule has 8 heteroatoms. The number of halogens is 1. The number of aromatic nitrogens is 2.